The second-order valence-electron chi connectivity index (χ2n) is 4.96. The molecule has 0 saturated carbocycles. The number of aromatic nitrogens is 2. The Hall–Kier alpha value is -1.06. The molecule has 3 heterocycles. The normalized spacial score (nSPS) is 21.6. The maximum Gasteiger partial charge on any atom is 0.118 e. The smallest absolute Gasteiger partial charge is 0.118 e. The van der Waals surface area contributed by atoms with Gasteiger partial charge in [-0.2, -0.15) is 0 Å². The molecule has 0 aromatic carbocycles. The lowest BCUT2D eigenvalue weighted by atomic mass is 9.97. The highest BCUT2D eigenvalue weighted by Gasteiger charge is 2.24. The number of likely N-dealkylation sites (tertiary alicyclic amines) is 1. The molecule has 0 amide bonds. The first-order valence-corrected chi connectivity index (χ1v) is 7.01. The van der Waals surface area contributed by atoms with Gasteiger partial charge in [-0.25, -0.2) is 4.98 Å². The summed E-state index contributed by atoms with van der Waals surface area (Å²) in [6.07, 6.45) is 4.38. The molecule has 0 bridgehead atoms. The SMILES string of the molecule is CCN1CCCC(c2ncc3cccc(Cl)n23)C1. The van der Waals surface area contributed by atoms with Crippen molar-refractivity contribution in [2.24, 2.45) is 0 Å². The summed E-state index contributed by atoms with van der Waals surface area (Å²) >= 11 is 6.30. The molecule has 2 aromatic heterocycles. The zero-order valence-corrected chi connectivity index (χ0v) is 11.4. The van der Waals surface area contributed by atoms with Crippen LogP contribution >= 0.6 is 11.6 Å². The van der Waals surface area contributed by atoms with Crippen molar-refractivity contribution in [2.45, 2.75) is 25.7 Å². The Balaban J connectivity index is 1.99. The summed E-state index contributed by atoms with van der Waals surface area (Å²) in [7, 11) is 0. The first kappa shape index (κ1) is 12.0. The monoisotopic (exact) mass is 263 g/mol. The van der Waals surface area contributed by atoms with E-state index in [1.54, 1.807) is 0 Å². The molecule has 1 unspecified atom stereocenters. The fraction of sp³-hybridized carbons (Fsp3) is 0.500. The fourth-order valence-electron chi connectivity index (χ4n) is 2.87. The predicted octanol–water partition coefficient (Wildman–Crippen LogP) is 3.19. The van der Waals surface area contributed by atoms with Crippen LogP contribution in [0.15, 0.2) is 24.4 Å². The molecule has 0 N–H and O–H groups in total. The number of likely N-dealkylation sites (N-methyl/N-ethyl adjacent to an activating group) is 1. The summed E-state index contributed by atoms with van der Waals surface area (Å²) in [6, 6.07) is 5.96. The largest absolute Gasteiger partial charge is 0.303 e. The molecular formula is C14H18ClN3. The fourth-order valence-corrected chi connectivity index (χ4v) is 3.13. The molecular weight excluding hydrogens is 246 g/mol. The van der Waals surface area contributed by atoms with E-state index in [4.69, 9.17) is 11.6 Å². The van der Waals surface area contributed by atoms with Crippen molar-refractivity contribution in [3.05, 3.63) is 35.4 Å². The molecule has 18 heavy (non-hydrogen) atoms. The van der Waals surface area contributed by atoms with E-state index in [9.17, 15) is 0 Å². The third-order valence-corrected chi connectivity index (χ3v) is 4.14. The molecule has 1 fully saturated rings. The summed E-state index contributed by atoms with van der Waals surface area (Å²) < 4.78 is 2.09. The van der Waals surface area contributed by atoms with E-state index in [1.165, 1.54) is 19.4 Å². The van der Waals surface area contributed by atoms with E-state index < -0.39 is 0 Å². The molecule has 0 spiro atoms. The number of pyridine rings is 1. The number of piperidine rings is 1. The predicted molar refractivity (Wildman–Crippen MR) is 74.3 cm³/mol. The number of imidazole rings is 1. The van der Waals surface area contributed by atoms with E-state index >= 15 is 0 Å². The molecule has 0 aliphatic carbocycles. The Morgan fingerprint density at radius 2 is 2.33 bits per heavy atom. The zero-order chi connectivity index (χ0) is 12.5. The number of nitrogens with zero attached hydrogens (tertiary/aromatic N) is 3. The Morgan fingerprint density at radius 3 is 3.17 bits per heavy atom. The molecule has 0 radical (unpaired) electrons. The third-order valence-electron chi connectivity index (χ3n) is 3.85. The average Bonchev–Trinajstić information content (AvgIpc) is 2.84. The molecule has 3 nitrogen and oxygen atoms in total. The van der Waals surface area contributed by atoms with Crippen molar-refractivity contribution in [3.63, 3.8) is 0 Å². The van der Waals surface area contributed by atoms with Gasteiger partial charge in [0.15, 0.2) is 0 Å². The van der Waals surface area contributed by atoms with Crippen LogP contribution in [-0.4, -0.2) is 33.9 Å². The van der Waals surface area contributed by atoms with Crippen LogP contribution in [-0.2, 0) is 0 Å². The van der Waals surface area contributed by atoms with E-state index in [1.807, 2.05) is 18.3 Å². The molecule has 1 saturated heterocycles. The van der Waals surface area contributed by atoms with Gasteiger partial charge in [0.05, 0.1) is 11.7 Å². The maximum atomic E-state index is 6.30. The highest BCUT2D eigenvalue weighted by molar-refractivity contribution is 6.29. The lowest BCUT2D eigenvalue weighted by Crippen LogP contribution is -2.34. The summed E-state index contributed by atoms with van der Waals surface area (Å²) in [4.78, 5) is 7.09. The van der Waals surface area contributed by atoms with Crippen LogP contribution in [0.2, 0.25) is 5.15 Å². The second kappa shape index (κ2) is 4.90. The van der Waals surface area contributed by atoms with Crippen LogP contribution in [0.3, 0.4) is 0 Å². The molecule has 3 rings (SSSR count). The zero-order valence-electron chi connectivity index (χ0n) is 10.6. The topological polar surface area (TPSA) is 20.5 Å². The van der Waals surface area contributed by atoms with E-state index in [0.717, 1.165) is 29.6 Å². The quantitative estimate of drug-likeness (QED) is 0.776. The molecule has 1 atom stereocenters. The van der Waals surface area contributed by atoms with Crippen LogP contribution in [0.5, 0.6) is 0 Å². The summed E-state index contributed by atoms with van der Waals surface area (Å²) in [5, 5.41) is 0.758. The average molecular weight is 264 g/mol. The molecule has 4 heteroatoms. The van der Waals surface area contributed by atoms with Crippen molar-refractivity contribution in [1.82, 2.24) is 14.3 Å². The van der Waals surface area contributed by atoms with Crippen LogP contribution in [0.1, 0.15) is 31.5 Å². The van der Waals surface area contributed by atoms with E-state index in [0.29, 0.717) is 5.92 Å². The van der Waals surface area contributed by atoms with Crippen molar-refractivity contribution < 1.29 is 0 Å². The highest BCUT2D eigenvalue weighted by Crippen LogP contribution is 2.28. The van der Waals surface area contributed by atoms with Crippen molar-refractivity contribution in [1.29, 1.82) is 0 Å². The Bertz CT molecular complexity index is 549. The van der Waals surface area contributed by atoms with Crippen LogP contribution in [0, 0.1) is 0 Å². The highest BCUT2D eigenvalue weighted by atomic mass is 35.5. The standard InChI is InChI=1S/C14H18ClN3/c1-2-17-8-4-5-11(10-17)14-16-9-12-6-3-7-13(15)18(12)14/h3,6-7,9,11H,2,4-5,8,10H2,1H3. The second-order valence-corrected chi connectivity index (χ2v) is 5.34. The minimum absolute atomic E-state index is 0.501. The van der Waals surface area contributed by atoms with Crippen LogP contribution in [0.4, 0.5) is 0 Å². The van der Waals surface area contributed by atoms with E-state index in [-0.39, 0.29) is 0 Å². The van der Waals surface area contributed by atoms with Crippen molar-refractivity contribution in [3.8, 4) is 0 Å². The van der Waals surface area contributed by atoms with Gasteiger partial charge in [-0.05, 0) is 38.1 Å². The maximum absolute atomic E-state index is 6.30. The van der Waals surface area contributed by atoms with Crippen molar-refractivity contribution in [2.75, 3.05) is 19.6 Å². The van der Waals surface area contributed by atoms with Gasteiger partial charge in [-0.1, -0.05) is 24.6 Å². The van der Waals surface area contributed by atoms with Gasteiger partial charge in [0, 0.05) is 12.5 Å². The summed E-state index contributed by atoms with van der Waals surface area (Å²) in [5.41, 5.74) is 1.09. The third kappa shape index (κ3) is 2.02. The van der Waals surface area contributed by atoms with Gasteiger partial charge in [0.25, 0.3) is 0 Å². The minimum atomic E-state index is 0.501. The minimum Gasteiger partial charge on any atom is -0.303 e. The van der Waals surface area contributed by atoms with Gasteiger partial charge in [0.1, 0.15) is 11.0 Å². The lowest BCUT2D eigenvalue weighted by molar-refractivity contribution is 0.213. The Labute approximate surface area is 112 Å². The number of halogens is 1. The number of hydrogen-bond donors (Lipinski definition) is 0. The molecule has 1 aliphatic heterocycles. The number of rotatable bonds is 2. The Morgan fingerprint density at radius 1 is 1.44 bits per heavy atom. The number of hydrogen-bond acceptors (Lipinski definition) is 2. The lowest BCUT2D eigenvalue weighted by Gasteiger charge is -2.31. The molecule has 1 aliphatic rings. The first-order valence-electron chi connectivity index (χ1n) is 6.64. The molecule has 96 valence electrons. The van der Waals surface area contributed by atoms with Gasteiger partial charge in [-0.15, -0.1) is 0 Å². The van der Waals surface area contributed by atoms with Crippen molar-refractivity contribution >= 4 is 17.1 Å². The van der Waals surface area contributed by atoms with E-state index in [2.05, 4.69) is 27.3 Å². The van der Waals surface area contributed by atoms with Gasteiger partial charge in [0.2, 0.25) is 0 Å². The van der Waals surface area contributed by atoms with Crippen LogP contribution in [0.25, 0.3) is 5.52 Å². The van der Waals surface area contributed by atoms with Crippen LogP contribution < -0.4 is 0 Å². The first-order chi connectivity index (χ1) is 8.79. The van der Waals surface area contributed by atoms with Gasteiger partial charge < -0.3 is 4.90 Å². The summed E-state index contributed by atoms with van der Waals surface area (Å²) in [6.45, 7) is 5.65. The Kier molecular flexibility index (Phi) is 3.27. The summed E-state index contributed by atoms with van der Waals surface area (Å²) in [5.74, 6) is 1.62. The van der Waals surface area contributed by atoms with Gasteiger partial charge >= 0.3 is 0 Å². The number of fused-ring (bicyclic) bond motifs is 1. The molecule has 2 aromatic rings. The van der Waals surface area contributed by atoms with Gasteiger partial charge in [-0.3, -0.25) is 4.40 Å².